The van der Waals surface area contributed by atoms with Gasteiger partial charge in [-0.25, -0.2) is 0 Å². The van der Waals surface area contributed by atoms with E-state index in [9.17, 15) is 4.79 Å². The van der Waals surface area contributed by atoms with Gasteiger partial charge in [0.25, 0.3) is 0 Å². The lowest BCUT2D eigenvalue weighted by Crippen LogP contribution is -2.53. The molecule has 4 unspecified atom stereocenters. The largest absolute Gasteiger partial charge is 0.465 e. The molecule has 8 aliphatic rings. The average molecular weight is 431 g/mol. The van der Waals surface area contributed by atoms with Gasteiger partial charge in [-0.3, -0.25) is 4.79 Å². The van der Waals surface area contributed by atoms with Crippen molar-refractivity contribution >= 4 is 5.97 Å². The van der Waals surface area contributed by atoms with E-state index in [1.54, 1.807) is 38.5 Å². The van der Waals surface area contributed by atoms with Crippen LogP contribution in [-0.2, 0) is 9.53 Å². The van der Waals surface area contributed by atoms with Crippen LogP contribution in [0, 0.1) is 45.3 Å². The Bertz CT molecular complexity index is 650. The van der Waals surface area contributed by atoms with Crippen LogP contribution < -0.4 is 0 Å². The van der Waals surface area contributed by atoms with E-state index in [2.05, 4.69) is 20.8 Å². The minimum atomic E-state index is -0.105. The summed E-state index contributed by atoms with van der Waals surface area (Å²) in [5.41, 5.74) is 2.52. The highest BCUT2D eigenvalue weighted by Crippen LogP contribution is 2.67. The van der Waals surface area contributed by atoms with Crippen molar-refractivity contribution in [2.75, 3.05) is 6.61 Å². The second-order valence-electron chi connectivity index (χ2n) is 13.7. The molecule has 8 rings (SSSR count). The number of rotatable bonds is 4. The van der Waals surface area contributed by atoms with Crippen molar-refractivity contribution in [1.29, 1.82) is 0 Å². The molecule has 0 saturated heterocycles. The lowest BCUT2D eigenvalue weighted by atomic mass is 9.44. The van der Waals surface area contributed by atoms with Gasteiger partial charge in [0.2, 0.25) is 0 Å². The molecule has 0 radical (unpaired) electrons. The normalized spacial score (nSPS) is 50.5. The number of esters is 1. The predicted octanol–water partition coefficient (Wildman–Crippen LogP) is 8.19. The maximum atomic E-state index is 11.1. The highest BCUT2D eigenvalue weighted by molar-refractivity contribution is 5.65. The molecule has 4 atom stereocenters. The number of carbonyl (C=O) groups excluding carboxylic acids is 1. The third-order valence-electron chi connectivity index (χ3n) is 10.9. The summed E-state index contributed by atoms with van der Waals surface area (Å²) in [6.45, 7) is 9.57. The first-order chi connectivity index (χ1) is 14.2. The first kappa shape index (κ1) is 23.6. The Morgan fingerprint density at radius 2 is 1.16 bits per heavy atom. The zero-order valence-corrected chi connectivity index (χ0v) is 20.2. The smallest absolute Gasteiger partial charge is 0.302 e. The van der Waals surface area contributed by atoms with Crippen LogP contribution in [0.2, 0.25) is 0 Å². The Balaban J connectivity index is 0.000000149. The van der Waals surface area contributed by atoms with Crippen molar-refractivity contribution in [1.82, 2.24) is 0 Å². The van der Waals surface area contributed by atoms with E-state index in [0.717, 1.165) is 34.5 Å². The molecule has 0 spiro atoms. The van der Waals surface area contributed by atoms with Crippen LogP contribution in [0.4, 0.5) is 0 Å². The third kappa shape index (κ3) is 4.35. The molecule has 31 heavy (non-hydrogen) atoms. The Morgan fingerprint density at radius 1 is 0.742 bits per heavy atom. The number of carbonyl (C=O) groups is 1. The number of hydrogen-bond donors (Lipinski definition) is 0. The van der Waals surface area contributed by atoms with Gasteiger partial charge in [-0.2, -0.15) is 0 Å². The molecule has 8 saturated carbocycles. The lowest BCUT2D eigenvalue weighted by molar-refractivity contribution is -0.163. The van der Waals surface area contributed by atoms with Crippen LogP contribution in [0.15, 0.2) is 0 Å². The summed E-state index contributed by atoms with van der Waals surface area (Å²) < 4.78 is 5.38. The van der Waals surface area contributed by atoms with Crippen molar-refractivity contribution in [3.8, 4) is 0 Å². The summed E-state index contributed by atoms with van der Waals surface area (Å²) in [6.07, 6.45) is 20.5. The standard InChI is InChI=1S/C15H24O2.C13H22.CH4/c1-3-14-5-12-4-13(6-14)8-15(7-12,9-14)10-17-11(2)16;1-3-13-7-10-4-11(8-13)6-12(2,5-10)9-13;/h12-13H,3-10H2,1-2H3;10-11H,3-9H2,1-2H3;1H4. The maximum absolute atomic E-state index is 11.1. The van der Waals surface area contributed by atoms with Gasteiger partial charge in [-0.05, 0) is 117 Å². The van der Waals surface area contributed by atoms with Gasteiger partial charge in [0.15, 0.2) is 0 Å². The van der Waals surface area contributed by atoms with Gasteiger partial charge in [-0.1, -0.05) is 41.0 Å². The molecule has 0 N–H and O–H groups in total. The molecule has 2 heteroatoms. The van der Waals surface area contributed by atoms with E-state index in [0.29, 0.717) is 17.4 Å². The fourth-order valence-corrected chi connectivity index (χ4v) is 10.8. The van der Waals surface area contributed by atoms with Gasteiger partial charge in [0.05, 0.1) is 6.61 Å². The predicted molar refractivity (Wildman–Crippen MR) is 129 cm³/mol. The summed E-state index contributed by atoms with van der Waals surface area (Å²) in [5, 5.41) is 0. The van der Waals surface area contributed by atoms with Gasteiger partial charge in [-0.15, -0.1) is 0 Å². The molecule has 178 valence electrons. The van der Waals surface area contributed by atoms with Crippen LogP contribution in [0.3, 0.4) is 0 Å². The third-order valence-corrected chi connectivity index (χ3v) is 10.9. The number of hydrogen-bond acceptors (Lipinski definition) is 2. The van der Waals surface area contributed by atoms with Crippen LogP contribution in [0.1, 0.15) is 125 Å². The van der Waals surface area contributed by atoms with E-state index in [1.165, 1.54) is 58.3 Å². The summed E-state index contributed by atoms with van der Waals surface area (Å²) in [4.78, 5) is 11.1. The first-order valence-corrected chi connectivity index (χ1v) is 13.3. The minimum absolute atomic E-state index is 0. The van der Waals surface area contributed by atoms with Crippen molar-refractivity contribution in [2.24, 2.45) is 45.3 Å². The zero-order valence-electron chi connectivity index (χ0n) is 20.2. The molecule has 0 amide bonds. The molecule has 8 fully saturated rings. The Kier molecular flexibility index (Phi) is 6.13. The summed E-state index contributed by atoms with van der Waals surface area (Å²) >= 11 is 0. The molecule has 0 aromatic rings. The SMILES string of the molecule is C.CCC12CC3CC(C1)CC(COC(C)=O)(C3)C2.CCC12CC3CC(CC(C)(C3)C1)C2. The molecular weight excluding hydrogens is 380 g/mol. The Hall–Kier alpha value is -0.530. The molecular formula is C29H50O2. The van der Waals surface area contributed by atoms with Gasteiger partial charge < -0.3 is 4.74 Å². The van der Waals surface area contributed by atoms with Crippen molar-refractivity contribution in [2.45, 2.75) is 125 Å². The minimum Gasteiger partial charge on any atom is -0.465 e. The molecule has 0 aliphatic heterocycles. The van der Waals surface area contributed by atoms with Crippen LogP contribution in [0.25, 0.3) is 0 Å². The van der Waals surface area contributed by atoms with E-state index in [4.69, 9.17) is 4.74 Å². The lowest BCUT2D eigenvalue weighted by Gasteiger charge is -2.62. The van der Waals surface area contributed by atoms with E-state index < -0.39 is 0 Å². The second-order valence-corrected chi connectivity index (χ2v) is 13.7. The molecule has 0 heterocycles. The zero-order chi connectivity index (χ0) is 21.2. The Labute approximate surface area is 192 Å². The quantitative estimate of drug-likeness (QED) is 0.420. The average Bonchev–Trinajstić information content (AvgIpc) is 2.64. The van der Waals surface area contributed by atoms with E-state index in [-0.39, 0.29) is 13.4 Å². The fraction of sp³-hybridized carbons (Fsp3) is 0.966. The monoisotopic (exact) mass is 430 g/mol. The Morgan fingerprint density at radius 3 is 1.58 bits per heavy atom. The van der Waals surface area contributed by atoms with Gasteiger partial charge in [0.1, 0.15) is 0 Å². The highest BCUT2D eigenvalue weighted by atomic mass is 16.5. The summed E-state index contributed by atoms with van der Waals surface area (Å²) in [6, 6.07) is 0. The summed E-state index contributed by atoms with van der Waals surface area (Å²) in [5.74, 6) is 3.97. The van der Waals surface area contributed by atoms with Crippen molar-refractivity contribution < 1.29 is 9.53 Å². The molecule has 8 bridgehead atoms. The van der Waals surface area contributed by atoms with E-state index in [1.807, 2.05) is 0 Å². The van der Waals surface area contributed by atoms with Crippen molar-refractivity contribution in [3.05, 3.63) is 0 Å². The van der Waals surface area contributed by atoms with E-state index >= 15 is 0 Å². The van der Waals surface area contributed by atoms with Gasteiger partial charge in [0, 0.05) is 12.3 Å². The van der Waals surface area contributed by atoms with Crippen LogP contribution in [-0.4, -0.2) is 12.6 Å². The van der Waals surface area contributed by atoms with Crippen LogP contribution >= 0.6 is 0 Å². The molecule has 0 aromatic heterocycles. The fourth-order valence-electron chi connectivity index (χ4n) is 10.8. The second kappa shape index (κ2) is 8.05. The first-order valence-electron chi connectivity index (χ1n) is 13.3. The number of ether oxygens (including phenoxy) is 1. The van der Waals surface area contributed by atoms with Crippen LogP contribution in [0.5, 0.6) is 0 Å². The highest BCUT2D eigenvalue weighted by Gasteiger charge is 2.57. The molecule has 2 nitrogen and oxygen atoms in total. The van der Waals surface area contributed by atoms with Gasteiger partial charge >= 0.3 is 5.97 Å². The molecule has 8 aliphatic carbocycles. The maximum Gasteiger partial charge on any atom is 0.302 e. The summed E-state index contributed by atoms with van der Waals surface area (Å²) in [7, 11) is 0. The molecule has 0 aromatic carbocycles. The topological polar surface area (TPSA) is 26.3 Å². The van der Waals surface area contributed by atoms with Crippen molar-refractivity contribution in [3.63, 3.8) is 0 Å².